The predicted molar refractivity (Wildman–Crippen MR) is 92.4 cm³/mol. The number of rotatable bonds is 3. The number of nitrogens with zero attached hydrogens (tertiary/aromatic N) is 2. The van der Waals surface area contributed by atoms with Crippen molar-refractivity contribution in [3.05, 3.63) is 29.3 Å². The molecule has 1 aliphatic heterocycles. The number of aromatic nitrogens is 2. The smallest absolute Gasteiger partial charge is 0.415 e. The average Bonchev–Trinajstić information content (AvgIpc) is 3.13. The van der Waals surface area contributed by atoms with Gasteiger partial charge in [0.1, 0.15) is 0 Å². The van der Waals surface area contributed by atoms with Gasteiger partial charge >= 0.3 is 6.09 Å². The lowest BCUT2D eigenvalue weighted by Crippen LogP contribution is -2.32. The minimum Gasteiger partial charge on any atom is -0.434 e. The van der Waals surface area contributed by atoms with E-state index < -0.39 is 18.1 Å². The molecular formula is C17H19N5O3. The molecule has 0 unspecified atom stereocenters. The van der Waals surface area contributed by atoms with Gasteiger partial charge in [0.2, 0.25) is 0 Å². The van der Waals surface area contributed by atoms with E-state index in [0.29, 0.717) is 5.69 Å². The highest BCUT2D eigenvalue weighted by Gasteiger charge is 2.36. The summed E-state index contributed by atoms with van der Waals surface area (Å²) < 4.78 is 5.02. The number of H-pyrrole nitrogens is 1. The Bertz CT molecular complexity index is 860. The van der Waals surface area contributed by atoms with E-state index in [4.69, 9.17) is 10.5 Å². The highest BCUT2D eigenvalue weighted by atomic mass is 16.6. The van der Waals surface area contributed by atoms with Gasteiger partial charge in [0.25, 0.3) is 5.91 Å². The topological polar surface area (TPSA) is 113 Å². The Kier molecular flexibility index (Phi) is 3.60. The molecule has 1 atom stereocenters. The lowest BCUT2D eigenvalue weighted by molar-refractivity contribution is -0.124. The molecule has 2 aliphatic rings. The van der Waals surface area contributed by atoms with Crippen LogP contribution in [0.5, 0.6) is 0 Å². The highest BCUT2D eigenvalue weighted by molar-refractivity contribution is 5.95. The van der Waals surface area contributed by atoms with Crippen LogP contribution >= 0.6 is 0 Å². The van der Waals surface area contributed by atoms with E-state index in [-0.39, 0.29) is 6.54 Å². The normalized spacial score (nSPS) is 19.0. The zero-order valence-corrected chi connectivity index (χ0v) is 13.8. The number of amides is 2. The molecule has 1 fully saturated rings. The summed E-state index contributed by atoms with van der Waals surface area (Å²) in [5, 5.41) is 10.6. The van der Waals surface area contributed by atoms with Crippen molar-refractivity contribution < 1.29 is 14.3 Å². The molecule has 1 saturated heterocycles. The molecule has 2 heterocycles. The van der Waals surface area contributed by atoms with Crippen LogP contribution in [0, 0.1) is 0 Å². The van der Waals surface area contributed by atoms with Crippen molar-refractivity contribution in [2.24, 2.45) is 5.73 Å². The first-order valence-corrected chi connectivity index (χ1v) is 8.24. The Labute approximate surface area is 144 Å². The Balaban J connectivity index is 1.70. The number of hydrogen-bond donors (Lipinski definition) is 3. The van der Waals surface area contributed by atoms with Crippen LogP contribution in [0.4, 0.5) is 16.3 Å². The number of benzene rings is 1. The number of carbonyl (C=O) groups excluding carboxylic acids is 2. The lowest BCUT2D eigenvalue weighted by Gasteiger charge is -2.15. The van der Waals surface area contributed by atoms with Gasteiger partial charge in [-0.15, -0.1) is 0 Å². The summed E-state index contributed by atoms with van der Waals surface area (Å²) in [5.41, 5.74) is 10.4. The van der Waals surface area contributed by atoms with Gasteiger partial charge in [0, 0.05) is 23.9 Å². The fourth-order valence-corrected chi connectivity index (χ4v) is 3.51. The molecule has 25 heavy (non-hydrogen) atoms. The maximum absolute atomic E-state index is 12.0. The molecule has 0 radical (unpaired) electrons. The van der Waals surface area contributed by atoms with Crippen molar-refractivity contribution in [3.8, 4) is 11.3 Å². The molecule has 0 spiro atoms. The lowest BCUT2D eigenvalue weighted by atomic mass is 10.0. The molecule has 1 aromatic heterocycles. The van der Waals surface area contributed by atoms with Crippen LogP contribution < -0.4 is 16.0 Å². The molecule has 0 bridgehead atoms. The number of ether oxygens (including phenoxy) is 1. The second-order valence-electron chi connectivity index (χ2n) is 6.26. The van der Waals surface area contributed by atoms with Crippen molar-refractivity contribution in [1.29, 1.82) is 0 Å². The number of cyclic esters (lactones) is 1. The quantitative estimate of drug-likeness (QED) is 0.781. The number of carbonyl (C=O) groups is 2. The summed E-state index contributed by atoms with van der Waals surface area (Å²) >= 11 is 0. The van der Waals surface area contributed by atoms with Crippen molar-refractivity contribution in [2.45, 2.75) is 25.4 Å². The van der Waals surface area contributed by atoms with Crippen molar-refractivity contribution in [3.63, 3.8) is 0 Å². The van der Waals surface area contributed by atoms with Gasteiger partial charge in [-0.3, -0.25) is 14.8 Å². The van der Waals surface area contributed by atoms with Crippen molar-refractivity contribution >= 4 is 23.5 Å². The molecule has 1 aliphatic carbocycles. The zero-order valence-electron chi connectivity index (χ0n) is 13.8. The third kappa shape index (κ3) is 2.50. The average molecular weight is 341 g/mol. The number of aromatic amines is 1. The number of hydrogen-bond acceptors (Lipinski definition) is 5. The molecule has 8 nitrogen and oxygen atoms in total. The van der Waals surface area contributed by atoms with Crippen LogP contribution in [-0.2, 0) is 22.4 Å². The number of nitrogens with two attached hydrogens (primary N) is 1. The number of nitrogens with one attached hydrogen (secondary N) is 2. The summed E-state index contributed by atoms with van der Waals surface area (Å²) in [6.45, 7) is 0.145. The molecule has 4 N–H and O–H groups in total. The van der Waals surface area contributed by atoms with E-state index in [0.717, 1.165) is 41.9 Å². The molecule has 1 aromatic carbocycles. The fraction of sp³-hybridized carbons (Fsp3) is 0.353. The van der Waals surface area contributed by atoms with E-state index in [2.05, 4.69) is 15.5 Å². The second-order valence-corrected chi connectivity index (χ2v) is 6.26. The third-order valence-electron chi connectivity index (χ3n) is 4.78. The van der Waals surface area contributed by atoms with Crippen LogP contribution in [-0.4, -0.2) is 41.9 Å². The van der Waals surface area contributed by atoms with Gasteiger partial charge in [-0.25, -0.2) is 4.79 Å². The van der Waals surface area contributed by atoms with Crippen LogP contribution in [0.1, 0.15) is 17.5 Å². The Morgan fingerprint density at radius 3 is 3.00 bits per heavy atom. The molecule has 2 aromatic rings. The summed E-state index contributed by atoms with van der Waals surface area (Å²) in [6.07, 6.45) is 1.38. The monoisotopic (exact) mass is 341 g/mol. The largest absolute Gasteiger partial charge is 0.434 e. The van der Waals surface area contributed by atoms with Gasteiger partial charge in [0.05, 0.1) is 12.2 Å². The number of fused-ring (bicyclic) bond motifs is 3. The predicted octanol–water partition coefficient (Wildman–Crippen LogP) is 1.42. The summed E-state index contributed by atoms with van der Waals surface area (Å²) in [4.78, 5) is 24.8. The standard InChI is InChI=1S/C17H19N5O3/c1-19-16-12-4-2-3-9-7-10(5-6-11(9)14(12)20-21-16)22-8-13(15(18)23)25-17(22)24/h5-7,13H,2-4,8H2,1H3,(H2,18,23)(H2,19,20,21)/t13-/m1/s1. The number of anilines is 2. The van der Waals surface area contributed by atoms with Gasteiger partial charge in [-0.1, -0.05) is 6.07 Å². The zero-order chi connectivity index (χ0) is 17.6. The Hall–Kier alpha value is -3.03. The third-order valence-corrected chi connectivity index (χ3v) is 4.78. The van der Waals surface area contributed by atoms with E-state index in [1.54, 1.807) is 0 Å². The van der Waals surface area contributed by atoms with Gasteiger partial charge < -0.3 is 15.8 Å². The summed E-state index contributed by atoms with van der Waals surface area (Å²) in [7, 11) is 1.86. The fourth-order valence-electron chi connectivity index (χ4n) is 3.51. The SMILES string of the molecule is CNc1n[nH]c2c1CCCc1cc(N3C[C@H](C(N)=O)OC3=O)ccc1-2. The maximum atomic E-state index is 12.0. The van der Waals surface area contributed by atoms with Gasteiger partial charge in [-0.2, -0.15) is 5.10 Å². The maximum Gasteiger partial charge on any atom is 0.415 e. The molecular weight excluding hydrogens is 322 g/mol. The van der Waals surface area contributed by atoms with Gasteiger partial charge in [0.15, 0.2) is 11.9 Å². The minimum absolute atomic E-state index is 0.145. The van der Waals surface area contributed by atoms with Crippen LogP contribution in [0.3, 0.4) is 0 Å². The molecule has 4 rings (SSSR count). The molecule has 130 valence electrons. The Morgan fingerprint density at radius 1 is 1.44 bits per heavy atom. The van der Waals surface area contributed by atoms with Crippen LogP contribution in [0.2, 0.25) is 0 Å². The van der Waals surface area contributed by atoms with Crippen molar-refractivity contribution in [2.75, 3.05) is 23.8 Å². The summed E-state index contributed by atoms with van der Waals surface area (Å²) in [5.74, 6) is 0.242. The van der Waals surface area contributed by atoms with Gasteiger partial charge in [-0.05, 0) is 37.0 Å². The summed E-state index contributed by atoms with van der Waals surface area (Å²) in [6, 6.07) is 5.82. The first-order chi connectivity index (χ1) is 12.1. The van der Waals surface area contributed by atoms with E-state index >= 15 is 0 Å². The molecule has 0 saturated carbocycles. The number of primary amides is 1. The minimum atomic E-state index is -0.899. The molecule has 2 amide bonds. The highest BCUT2D eigenvalue weighted by Crippen LogP contribution is 2.36. The molecule has 8 heteroatoms. The van der Waals surface area contributed by atoms with Crippen LogP contribution in [0.25, 0.3) is 11.3 Å². The second kappa shape index (κ2) is 5.80. The van der Waals surface area contributed by atoms with Crippen LogP contribution in [0.15, 0.2) is 18.2 Å². The van der Waals surface area contributed by atoms with Crippen molar-refractivity contribution in [1.82, 2.24) is 10.2 Å². The van der Waals surface area contributed by atoms with E-state index in [9.17, 15) is 9.59 Å². The van der Waals surface area contributed by atoms with E-state index in [1.165, 1.54) is 10.5 Å². The Morgan fingerprint density at radius 2 is 2.28 bits per heavy atom. The first-order valence-electron chi connectivity index (χ1n) is 8.24. The van der Waals surface area contributed by atoms with E-state index in [1.807, 2.05) is 25.2 Å². The number of aryl methyl sites for hydroxylation is 1. The first kappa shape index (κ1) is 15.5.